The minimum atomic E-state index is -4.59. The van der Waals surface area contributed by atoms with E-state index in [4.69, 9.17) is 11.6 Å². The fraction of sp³-hybridized carbons (Fsp3) is 0.250. The number of aromatic nitrogens is 3. The Morgan fingerprint density at radius 2 is 2.00 bits per heavy atom. The van der Waals surface area contributed by atoms with Gasteiger partial charge in [0.1, 0.15) is 17.7 Å². The summed E-state index contributed by atoms with van der Waals surface area (Å²) in [6.45, 7) is 0.387. The minimum Gasteiger partial charge on any atom is -0.848 e. The number of hydrogen-bond donors (Lipinski definition) is 0. The summed E-state index contributed by atoms with van der Waals surface area (Å²) in [5.41, 5.74) is -1.28. The van der Waals surface area contributed by atoms with Crippen molar-refractivity contribution < 1.29 is 22.8 Å². The molecule has 6 nitrogen and oxygen atoms in total. The molecule has 4 rings (SSSR count). The molecule has 0 N–H and O–H groups in total. The number of pyridine rings is 1. The Balaban J connectivity index is 1.96. The third-order valence-electron chi connectivity index (χ3n) is 5.18. The zero-order valence-electron chi connectivity index (χ0n) is 15.9. The number of alkyl halides is 3. The quantitative estimate of drug-likeness (QED) is 0.457. The molecule has 0 fully saturated rings. The molecule has 0 amide bonds. The predicted octanol–water partition coefficient (Wildman–Crippen LogP) is 2.52. The fourth-order valence-corrected chi connectivity index (χ4v) is 3.92. The van der Waals surface area contributed by atoms with E-state index in [1.165, 1.54) is 34.5 Å². The molecule has 0 saturated heterocycles. The molecule has 1 unspecified atom stereocenters. The highest BCUT2D eigenvalue weighted by molar-refractivity contribution is 6.29. The molecule has 1 atom stereocenters. The van der Waals surface area contributed by atoms with E-state index in [0.29, 0.717) is 23.2 Å². The lowest BCUT2D eigenvalue weighted by molar-refractivity contribution is -0.705. The Bertz CT molecular complexity index is 1190. The van der Waals surface area contributed by atoms with Gasteiger partial charge in [-0.05, 0) is 23.8 Å². The second kappa shape index (κ2) is 7.02. The number of hydrogen-bond acceptors (Lipinski definition) is 4. The molecule has 3 aromatic rings. The third kappa shape index (κ3) is 3.19. The SMILES string of the molecule is CN1CC(c2ccc(Cl)nc2)n2c1[n+](C)c([O-])c(-c1cccc(C(F)(F)F)c1)c2=O. The first-order valence-electron chi connectivity index (χ1n) is 8.95. The molecule has 1 aromatic carbocycles. The van der Waals surface area contributed by atoms with Crippen LogP contribution in [0.1, 0.15) is 17.2 Å². The second-order valence-corrected chi connectivity index (χ2v) is 7.49. The summed E-state index contributed by atoms with van der Waals surface area (Å²) in [5, 5.41) is 13.3. The van der Waals surface area contributed by atoms with Gasteiger partial charge in [0.2, 0.25) is 0 Å². The van der Waals surface area contributed by atoms with Gasteiger partial charge in [-0.25, -0.2) is 9.55 Å². The van der Waals surface area contributed by atoms with E-state index in [-0.39, 0.29) is 11.1 Å². The summed E-state index contributed by atoms with van der Waals surface area (Å²) >= 11 is 5.85. The van der Waals surface area contributed by atoms with E-state index in [9.17, 15) is 23.1 Å². The molecule has 0 bridgehead atoms. The fourth-order valence-electron chi connectivity index (χ4n) is 3.80. The summed E-state index contributed by atoms with van der Waals surface area (Å²) in [7, 11) is 3.22. The van der Waals surface area contributed by atoms with Crippen molar-refractivity contribution in [1.82, 2.24) is 9.55 Å². The number of nitrogens with zero attached hydrogens (tertiary/aromatic N) is 4. The molecular weight excluding hydrogens is 421 g/mol. The van der Waals surface area contributed by atoms with Crippen molar-refractivity contribution in [2.75, 3.05) is 18.5 Å². The van der Waals surface area contributed by atoms with Gasteiger partial charge in [-0.15, -0.1) is 0 Å². The van der Waals surface area contributed by atoms with Crippen LogP contribution in [0.3, 0.4) is 0 Å². The number of benzene rings is 1. The Labute approximate surface area is 174 Å². The van der Waals surface area contributed by atoms with Gasteiger partial charge >= 0.3 is 17.7 Å². The van der Waals surface area contributed by atoms with E-state index in [0.717, 1.165) is 12.1 Å². The van der Waals surface area contributed by atoms with Crippen molar-refractivity contribution in [2.24, 2.45) is 7.05 Å². The summed E-state index contributed by atoms with van der Waals surface area (Å²) in [6, 6.07) is 7.08. The normalized spacial score (nSPS) is 16.1. The van der Waals surface area contributed by atoms with Gasteiger partial charge in [0.25, 0.3) is 0 Å². The van der Waals surface area contributed by atoms with E-state index < -0.39 is 29.2 Å². The van der Waals surface area contributed by atoms with E-state index in [2.05, 4.69) is 4.98 Å². The average Bonchev–Trinajstić information content (AvgIpc) is 3.04. The minimum absolute atomic E-state index is 0.0757. The van der Waals surface area contributed by atoms with Gasteiger partial charge in [0.15, 0.2) is 0 Å². The number of rotatable bonds is 2. The topological polar surface area (TPSA) is 65.1 Å². The lowest BCUT2D eigenvalue weighted by Crippen LogP contribution is -2.44. The Morgan fingerprint density at radius 3 is 2.63 bits per heavy atom. The highest BCUT2D eigenvalue weighted by Crippen LogP contribution is 2.35. The number of halogens is 4. The monoisotopic (exact) mass is 436 g/mol. The maximum Gasteiger partial charge on any atom is 0.416 e. The van der Waals surface area contributed by atoms with Crippen LogP contribution >= 0.6 is 11.6 Å². The molecule has 0 radical (unpaired) electrons. The molecule has 0 aliphatic carbocycles. The van der Waals surface area contributed by atoms with Crippen molar-refractivity contribution in [3.05, 3.63) is 69.2 Å². The van der Waals surface area contributed by atoms with Crippen LogP contribution in [0.4, 0.5) is 19.1 Å². The Hall–Kier alpha value is -3.07. The van der Waals surface area contributed by atoms with Crippen LogP contribution in [0.2, 0.25) is 5.15 Å². The van der Waals surface area contributed by atoms with Gasteiger partial charge in [0, 0.05) is 17.6 Å². The van der Waals surface area contributed by atoms with Crippen LogP contribution in [-0.2, 0) is 13.2 Å². The number of anilines is 1. The lowest BCUT2D eigenvalue weighted by Gasteiger charge is -2.19. The highest BCUT2D eigenvalue weighted by Gasteiger charge is 2.40. The third-order valence-corrected chi connectivity index (χ3v) is 5.40. The maximum absolute atomic E-state index is 13.4. The molecule has 156 valence electrons. The first kappa shape index (κ1) is 20.2. The van der Waals surface area contributed by atoms with Gasteiger partial charge in [-0.2, -0.15) is 17.7 Å². The van der Waals surface area contributed by atoms with E-state index >= 15 is 0 Å². The molecular formula is C20H16ClF3N4O2. The van der Waals surface area contributed by atoms with Gasteiger partial charge in [0.05, 0.1) is 25.2 Å². The van der Waals surface area contributed by atoms with E-state index in [1.807, 2.05) is 0 Å². The van der Waals surface area contributed by atoms with Gasteiger partial charge < -0.3 is 5.11 Å². The van der Waals surface area contributed by atoms with Crippen molar-refractivity contribution in [2.45, 2.75) is 12.2 Å². The molecule has 0 saturated carbocycles. The Morgan fingerprint density at radius 1 is 1.27 bits per heavy atom. The molecule has 1 aliphatic rings. The standard InChI is InChI=1S/C20H16ClF3N4O2/c1-26-10-14(12-6-7-15(21)25-9-12)28-18(30)16(17(29)27(2)19(26)28)11-4-3-5-13(8-11)20(22,23)24/h3-9,14H,10H2,1-2H3. The van der Waals surface area contributed by atoms with Crippen LogP contribution in [0.15, 0.2) is 47.4 Å². The van der Waals surface area contributed by atoms with Crippen molar-refractivity contribution >= 4 is 17.5 Å². The highest BCUT2D eigenvalue weighted by atomic mass is 35.5. The van der Waals surface area contributed by atoms with Crippen LogP contribution < -0.4 is 20.1 Å². The van der Waals surface area contributed by atoms with Crippen molar-refractivity contribution in [3.8, 4) is 17.0 Å². The van der Waals surface area contributed by atoms with Crippen LogP contribution in [0.5, 0.6) is 5.88 Å². The average molecular weight is 437 g/mol. The van der Waals surface area contributed by atoms with Gasteiger partial charge in [-0.3, -0.25) is 9.69 Å². The second-order valence-electron chi connectivity index (χ2n) is 7.10. The molecule has 1 aliphatic heterocycles. The molecule has 10 heteroatoms. The first-order valence-corrected chi connectivity index (χ1v) is 9.33. The molecule has 0 spiro atoms. The predicted molar refractivity (Wildman–Crippen MR) is 102 cm³/mol. The van der Waals surface area contributed by atoms with Crippen molar-refractivity contribution in [1.29, 1.82) is 0 Å². The number of fused-ring (bicyclic) bond motifs is 1. The maximum atomic E-state index is 13.4. The smallest absolute Gasteiger partial charge is 0.416 e. The van der Waals surface area contributed by atoms with E-state index in [1.54, 1.807) is 24.1 Å². The van der Waals surface area contributed by atoms with Crippen LogP contribution in [-0.4, -0.2) is 23.1 Å². The van der Waals surface area contributed by atoms with Crippen LogP contribution in [0, 0.1) is 0 Å². The molecule has 30 heavy (non-hydrogen) atoms. The zero-order valence-corrected chi connectivity index (χ0v) is 16.7. The van der Waals surface area contributed by atoms with Crippen molar-refractivity contribution in [3.63, 3.8) is 0 Å². The summed E-state index contributed by atoms with van der Waals surface area (Å²) in [5.74, 6) is -0.298. The summed E-state index contributed by atoms with van der Waals surface area (Å²) < 4.78 is 42.2. The largest absolute Gasteiger partial charge is 0.848 e. The molecule has 3 heterocycles. The summed E-state index contributed by atoms with van der Waals surface area (Å²) in [4.78, 5) is 19.2. The van der Waals surface area contributed by atoms with Gasteiger partial charge in [-0.1, -0.05) is 29.8 Å². The first-order chi connectivity index (χ1) is 14.1. The van der Waals surface area contributed by atoms with Crippen LogP contribution in [0.25, 0.3) is 11.1 Å². The lowest BCUT2D eigenvalue weighted by atomic mass is 10.0. The Kier molecular flexibility index (Phi) is 4.73. The summed E-state index contributed by atoms with van der Waals surface area (Å²) in [6.07, 6.45) is -3.05. The number of likely N-dealkylation sites (N-methyl/N-ethyl adjacent to an activating group) is 1. The zero-order chi connectivity index (χ0) is 21.8. The molecule has 2 aromatic heterocycles.